The van der Waals surface area contributed by atoms with Crippen molar-refractivity contribution in [3.05, 3.63) is 180 Å². The number of benzene rings is 7. The van der Waals surface area contributed by atoms with Gasteiger partial charge in [0, 0.05) is 44.6 Å². The molecule has 0 radical (unpaired) electrons. The largest absolute Gasteiger partial charge is 0.507 e. The Morgan fingerprint density at radius 3 is 0.917 bits per heavy atom. The van der Waals surface area contributed by atoms with Crippen LogP contribution in [0, 0.1) is 0 Å². The molecule has 2 N–H and O–H groups in total. The number of aromatic nitrogens is 6. The fourth-order valence-corrected chi connectivity index (χ4v) is 10.5. The van der Waals surface area contributed by atoms with Gasteiger partial charge in [0.15, 0.2) is 22.9 Å². The van der Waals surface area contributed by atoms with Crippen molar-refractivity contribution in [2.45, 2.75) is 105 Å². The predicted molar refractivity (Wildman–Crippen MR) is 298 cm³/mol. The van der Waals surface area contributed by atoms with Crippen molar-refractivity contribution in [1.82, 2.24) is 28.2 Å². The van der Waals surface area contributed by atoms with Crippen LogP contribution in [0.1, 0.15) is 105 Å². The fraction of sp³-hybridized carbons (Fsp3) is 0.250. The first-order valence-corrected chi connectivity index (χ1v) is 25.1. The van der Waals surface area contributed by atoms with Crippen LogP contribution in [0.3, 0.4) is 0 Å². The highest BCUT2D eigenvalue weighted by molar-refractivity contribution is 6.27. The van der Waals surface area contributed by atoms with Gasteiger partial charge < -0.3 is 10.2 Å². The Kier molecular flexibility index (Phi) is 10.6. The standard InChI is InChI=1S/C64H64N6O2/c1-61(2,3)39-35-45(55(71)47(37-39)63(7,8)9)57-65-53-51-49(67(41-25-17-13-18-26-41)59(53)69(57)43-29-21-15-22-30-43)33-34-50-52(51)54-60(68(50)42-27-19-14-20-28-42)70(44-31-23-16-24-32-44)58(66-54)46-36-40(62(4,5)6)38-48(56(46)72)64(10,11)12/h13-38,71-72H,1-12H3. The smallest absolute Gasteiger partial charge is 0.151 e. The number of para-hydroxylation sites is 4. The highest BCUT2D eigenvalue weighted by Crippen LogP contribution is 2.50. The van der Waals surface area contributed by atoms with Crippen molar-refractivity contribution in [2.24, 2.45) is 0 Å². The maximum atomic E-state index is 12.7. The second-order valence-electron chi connectivity index (χ2n) is 23.6. The minimum Gasteiger partial charge on any atom is -0.507 e. The Morgan fingerprint density at radius 2 is 0.639 bits per heavy atom. The second-order valence-corrected chi connectivity index (χ2v) is 23.6. The molecule has 72 heavy (non-hydrogen) atoms. The van der Waals surface area contributed by atoms with E-state index in [1.54, 1.807) is 0 Å². The first-order valence-electron chi connectivity index (χ1n) is 25.1. The van der Waals surface area contributed by atoms with E-state index in [4.69, 9.17) is 9.97 Å². The van der Waals surface area contributed by atoms with Crippen molar-refractivity contribution in [2.75, 3.05) is 0 Å². The van der Waals surface area contributed by atoms with Crippen LogP contribution in [0.15, 0.2) is 158 Å². The third-order valence-corrected chi connectivity index (χ3v) is 14.4. The zero-order chi connectivity index (χ0) is 50.8. The van der Waals surface area contributed by atoms with Crippen LogP contribution in [0.25, 0.3) is 89.7 Å². The summed E-state index contributed by atoms with van der Waals surface area (Å²) in [5, 5.41) is 27.2. The van der Waals surface area contributed by atoms with Gasteiger partial charge in [-0.25, -0.2) is 9.97 Å². The molecule has 0 unspecified atom stereocenters. The molecule has 0 atom stereocenters. The van der Waals surface area contributed by atoms with E-state index in [-0.39, 0.29) is 33.2 Å². The van der Waals surface area contributed by atoms with Crippen molar-refractivity contribution in [3.8, 4) is 57.0 Å². The molecule has 4 aromatic heterocycles. The summed E-state index contributed by atoms with van der Waals surface area (Å²) in [6.45, 7) is 26.2. The van der Waals surface area contributed by atoms with E-state index in [0.29, 0.717) is 22.8 Å². The van der Waals surface area contributed by atoms with Gasteiger partial charge in [0.25, 0.3) is 0 Å². The lowest BCUT2D eigenvalue weighted by Gasteiger charge is -2.27. The van der Waals surface area contributed by atoms with E-state index in [9.17, 15) is 10.2 Å². The molecule has 0 spiro atoms. The first-order chi connectivity index (χ1) is 34.1. The van der Waals surface area contributed by atoms with E-state index >= 15 is 0 Å². The molecule has 11 aromatic rings. The van der Waals surface area contributed by atoms with Gasteiger partial charge in [-0.15, -0.1) is 0 Å². The average Bonchev–Trinajstić information content (AvgIpc) is 4.08. The van der Waals surface area contributed by atoms with E-state index < -0.39 is 0 Å². The molecule has 8 nitrogen and oxygen atoms in total. The van der Waals surface area contributed by atoms with Gasteiger partial charge in [-0.2, -0.15) is 0 Å². The maximum Gasteiger partial charge on any atom is 0.151 e. The lowest BCUT2D eigenvalue weighted by molar-refractivity contribution is 0.445. The SMILES string of the molecule is CC(C)(C)c1cc(-c2nc3c4c5c6nc(-c7cc(C(C)(C)C)cc(C(C)(C)C)c7O)n(-c7ccccc7)c6n(-c6ccccc6)c5ccc4n(-c4ccccc4)c3n2-c2ccccc2)c(O)c(C(C)(C)C)c1. The van der Waals surface area contributed by atoms with Crippen LogP contribution in [-0.4, -0.2) is 38.4 Å². The Bertz CT molecular complexity index is 3630. The minimum atomic E-state index is -0.364. The molecular formula is C64H64N6O2. The predicted octanol–water partition coefficient (Wildman–Crippen LogP) is 16.2. The van der Waals surface area contributed by atoms with Crippen LogP contribution < -0.4 is 0 Å². The molecule has 0 fully saturated rings. The Morgan fingerprint density at radius 1 is 0.347 bits per heavy atom. The average molecular weight is 949 g/mol. The highest BCUT2D eigenvalue weighted by atomic mass is 16.3. The molecule has 7 aromatic carbocycles. The van der Waals surface area contributed by atoms with Gasteiger partial charge in [-0.1, -0.05) is 168 Å². The summed E-state index contributed by atoms with van der Waals surface area (Å²) >= 11 is 0. The van der Waals surface area contributed by atoms with Crippen LogP contribution in [0.4, 0.5) is 0 Å². The molecule has 8 heteroatoms. The van der Waals surface area contributed by atoms with E-state index in [1.807, 2.05) is 24.3 Å². The van der Waals surface area contributed by atoms with Crippen molar-refractivity contribution >= 4 is 44.1 Å². The molecule has 362 valence electrons. The second kappa shape index (κ2) is 16.4. The third-order valence-electron chi connectivity index (χ3n) is 14.4. The van der Waals surface area contributed by atoms with Crippen molar-refractivity contribution in [1.29, 1.82) is 0 Å². The Hall–Kier alpha value is -7.84. The topological polar surface area (TPSA) is 86.0 Å². The summed E-state index contributed by atoms with van der Waals surface area (Å²) in [6, 6.07) is 54.8. The molecule has 0 saturated carbocycles. The summed E-state index contributed by atoms with van der Waals surface area (Å²) in [5.41, 5.74) is 13.0. The lowest BCUT2D eigenvalue weighted by atomic mass is 9.79. The number of imidazole rings is 2. The van der Waals surface area contributed by atoms with Gasteiger partial charge in [0.2, 0.25) is 0 Å². The van der Waals surface area contributed by atoms with Crippen molar-refractivity contribution < 1.29 is 10.2 Å². The summed E-state index contributed by atoms with van der Waals surface area (Å²) in [5.74, 6) is 1.71. The van der Waals surface area contributed by atoms with Crippen LogP contribution in [0.5, 0.6) is 11.5 Å². The quantitative estimate of drug-likeness (QED) is 0.174. The van der Waals surface area contributed by atoms with Crippen LogP contribution in [0.2, 0.25) is 0 Å². The van der Waals surface area contributed by atoms with Gasteiger partial charge in [0.1, 0.15) is 22.5 Å². The van der Waals surface area contributed by atoms with Crippen LogP contribution >= 0.6 is 0 Å². The number of aromatic hydroxyl groups is 2. The van der Waals surface area contributed by atoms with Gasteiger partial charge >= 0.3 is 0 Å². The number of fused-ring (bicyclic) bond motifs is 7. The van der Waals surface area contributed by atoms with Crippen LogP contribution in [-0.2, 0) is 21.7 Å². The zero-order valence-corrected chi connectivity index (χ0v) is 43.6. The first kappa shape index (κ1) is 46.5. The summed E-state index contributed by atoms with van der Waals surface area (Å²) < 4.78 is 9.09. The number of rotatable bonds is 6. The molecule has 0 saturated heterocycles. The highest BCUT2D eigenvalue weighted by Gasteiger charge is 2.34. The third kappa shape index (κ3) is 7.41. The molecule has 0 aliphatic carbocycles. The molecular weight excluding hydrogens is 885 g/mol. The molecule has 0 bridgehead atoms. The Balaban J connectivity index is 1.39. The number of nitrogens with zero attached hydrogens (tertiary/aromatic N) is 6. The molecule has 0 amide bonds. The Labute approximate surface area is 422 Å². The number of hydrogen-bond acceptors (Lipinski definition) is 4. The van der Waals surface area contributed by atoms with Gasteiger partial charge in [-0.05, 0) is 106 Å². The summed E-state index contributed by atoms with van der Waals surface area (Å²) in [7, 11) is 0. The van der Waals surface area contributed by atoms with E-state index in [0.717, 1.165) is 89.1 Å². The zero-order valence-electron chi connectivity index (χ0n) is 43.6. The number of phenols is 2. The molecule has 0 aliphatic rings. The molecule has 4 heterocycles. The monoisotopic (exact) mass is 949 g/mol. The van der Waals surface area contributed by atoms with E-state index in [2.05, 4.69) is 235 Å². The fourth-order valence-electron chi connectivity index (χ4n) is 10.5. The number of phenolic OH excluding ortho intramolecular Hbond substituents is 2. The van der Waals surface area contributed by atoms with Gasteiger partial charge in [-0.3, -0.25) is 18.3 Å². The van der Waals surface area contributed by atoms with Gasteiger partial charge in [0.05, 0.1) is 22.2 Å². The molecule has 0 aliphatic heterocycles. The maximum absolute atomic E-state index is 12.7. The molecule has 11 rings (SSSR count). The summed E-state index contributed by atoms with van der Waals surface area (Å²) in [4.78, 5) is 11.6. The number of hydrogen-bond donors (Lipinski definition) is 2. The lowest BCUT2D eigenvalue weighted by Crippen LogP contribution is -2.17. The van der Waals surface area contributed by atoms with E-state index in [1.165, 1.54) is 0 Å². The van der Waals surface area contributed by atoms with Crippen molar-refractivity contribution in [3.63, 3.8) is 0 Å². The normalized spacial score (nSPS) is 12.8. The minimum absolute atomic E-state index is 0.219. The summed E-state index contributed by atoms with van der Waals surface area (Å²) in [6.07, 6.45) is 0.